The summed E-state index contributed by atoms with van der Waals surface area (Å²) in [6.07, 6.45) is 4.36. The van der Waals surface area contributed by atoms with Crippen molar-refractivity contribution in [1.82, 2.24) is 9.29 Å². The molecule has 0 fully saturated rings. The first-order chi connectivity index (χ1) is 8.50. The monoisotopic (exact) mass is 330 g/mol. The highest BCUT2D eigenvalue weighted by Crippen LogP contribution is 2.19. The van der Waals surface area contributed by atoms with Crippen molar-refractivity contribution in [3.63, 3.8) is 0 Å². The lowest BCUT2D eigenvalue weighted by Crippen LogP contribution is -2.26. The van der Waals surface area contributed by atoms with Crippen LogP contribution in [-0.4, -0.2) is 24.8 Å². The van der Waals surface area contributed by atoms with Crippen molar-refractivity contribution >= 4 is 26.0 Å². The number of halogens is 1. The highest BCUT2D eigenvalue weighted by atomic mass is 79.9. The fraction of sp³-hybridized carbons (Fsp3) is 0.182. The molecular formula is C11H11BrN2O3S. The van der Waals surface area contributed by atoms with E-state index in [9.17, 15) is 8.42 Å². The number of pyridine rings is 1. The van der Waals surface area contributed by atoms with Crippen molar-refractivity contribution in [2.45, 2.75) is 11.4 Å². The molecule has 0 amide bonds. The third-order valence-corrected chi connectivity index (χ3v) is 4.55. The van der Waals surface area contributed by atoms with Crippen LogP contribution in [0.3, 0.4) is 0 Å². The van der Waals surface area contributed by atoms with Gasteiger partial charge in [0, 0.05) is 23.9 Å². The summed E-state index contributed by atoms with van der Waals surface area (Å²) in [4.78, 5) is 4.00. The van der Waals surface area contributed by atoms with E-state index in [4.69, 9.17) is 4.42 Å². The molecule has 0 atom stereocenters. The Morgan fingerprint density at radius 2 is 2.22 bits per heavy atom. The molecule has 0 saturated carbocycles. The summed E-state index contributed by atoms with van der Waals surface area (Å²) >= 11 is 3.20. The second kappa shape index (κ2) is 5.21. The summed E-state index contributed by atoms with van der Waals surface area (Å²) in [5.41, 5.74) is 0. The van der Waals surface area contributed by atoms with Crippen LogP contribution < -0.4 is 0 Å². The third-order valence-electron chi connectivity index (χ3n) is 2.35. The predicted molar refractivity (Wildman–Crippen MR) is 69.3 cm³/mol. The van der Waals surface area contributed by atoms with E-state index in [1.807, 2.05) is 0 Å². The molecule has 5 nitrogen and oxygen atoms in total. The van der Waals surface area contributed by atoms with Gasteiger partial charge in [-0.3, -0.25) is 4.98 Å². The van der Waals surface area contributed by atoms with E-state index < -0.39 is 10.0 Å². The van der Waals surface area contributed by atoms with Crippen molar-refractivity contribution in [2.75, 3.05) is 7.05 Å². The molecular weight excluding hydrogens is 320 g/mol. The molecule has 0 spiro atoms. The Kier molecular flexibility index (Phi) is 3.84. The fourth-order valence-corrected chi connectivity index (χ4v) is 3.06. The van der Waals surface area contributed by atoms with Crippen LogP contribution in [0.15, 0.2) is 50.6 Å². The summed E-state index contributed by atoms with van der Waals surface area (Å²) in [6.45, 7) is 0.182. The van der Waals surface area contributed by atoms with E-state index >= 15 is 0 Å². The van der Waals surface area contributed by atoms with Crippen molar-refractivity contribution in [2.24, 2.45) is 0 Å². The highest BCUT2D eigenvalue weighted by molar-refractivity contribution is 9.10. The summed E-state index contributed by atoms with van der Waals surface area (Å²) in [7, 11) is -2.06. The van der Waals surface area contributed by atoms with Gasteiger partial charge in [0.15, 0.2) is 0 Å². The van der Waals surface area contributed by atoms with Crippen LogP contribution in [0.1, 0.15) is 5.76 Å². The first kappa shape index (κ1) is 13.3. The lowest BCUT2D eigenvalue weighted by molar-refractivity contribution is 0.406. The number of furan rings is 1. The molecule has 2 rings (SSSR count). The Morgan fingerprint density at radius 1 is 1.44 bits per heavy atom. The van der Waals surface area contributed by atoms with Gasteiger partial charge in [-0.15, -0.1) is 0 Å². The Morgan fingerprint density at radius 3 is 2.83 bits per heavy atom. The fourth-order valence-electron chi connectivity index (χ4n) is 1.42. The van der Waals surface area contributed by atoms with Crippen molar-refractivity contribution in [1.29, 1.82) is 0 Å². The first-order valence-electron chi connectivity index (χ1n) is 5.09. The minimum absolute atomic E-state index is 0.144. The molecule has 0 saturated heterocycles. The molecule has 2 aromatic heterocycles. The normalized spacial score (nSPS) is 11.9. The molecule has 18 heavy (non-hydrogen) atoms. The maximum atomic E-state index is 12.2. The Balaban J connectivity index is 2.25. The van der Waals surface area contributed by atoms with E-state index in [0.717, 1.165) is 0 Å². The maximum Gasteiger partial charge on any atom is 0.244 e. The summed E-state index contributed by atoms with van der Waals surface area (Å²) in [5, 5.41) is 0. The molecule has 7 heteroatoms. The van der Waals surface area contributed by atoms with Crippen LogP contribution in [-0.2, 0) is 16.6 Å². The smallest absolute Gasteiger partial charge is 0.244 e. The average Bonchev–Trinajstić information content (AvgIpc) is 2.81. The number of sulfonamides is 1. The standard InChI is InChI=1S/C11H11BrN2O3S/c1-14(8-10-3-2-4-17-10)18(15,16)11-5-9(12)6-13-7-11/h2-7H,8H2,1H3. The summed E-state index contributed by atoms with van der Waals surface area (Å²) in [5.74, 6) is 0.587. The van der Waals surface area contributed by atoms with E-state index in [0.29, 0.717) is 10.2 Å². The van der Waals surface area contributed by atoms with Crippen molar-refractivity contribution < 1.29 is 12.8 Å². The lowest BCUT2D eigenvalue weighted by atomic mass is 10.4. The third kappa shape index (κ3) is 2.80. The highest BCUT2D eigenvalue weighted by Gasteiger charge is 2.22. The van der Waals surface area contributed by atoms with Gasteiger partial charge >= 0.3 is 0 Å². The zero-order valence-corrected chi connectivity index (χ0v) is 12.0. The number of aromatic nitrogens is 1. The van der Waals surface area contributed by atoms with Crippen LogP contribution in [0, 0.1) is 0 Å². The zero-order chi connectivity index (χ0) is 13.2. The van der Waals surface area contributed by atoms with Crippen molar-refractivity contribution in [3.8, 4) is 0 Å². The van der Waals surface area contributed by atoms with Gasteiger partial charge in [0.2, 0.25) is 10.0 Å². The van der Waals surface area contributed by atoms with Gasteiger partial charge in [-0.1, -0.05) is 0 Å². The van der Waals surface area contributed by atoms with E-state index in [1.165, 1.54) is 36.1 Å². The van der Waals surface area contributed by atoms with E-state index in [2.05, 4.69) is 20.9 Å². The topological polar surface area (TPSA) is 63.4 Å². The van der Waals surface area contributed by atoms with Gasteiger partial charge in [0.05, 0.1) is 12.8 Å². The molecule has 96 valence electrons. The second-order valence-electron chi connectivity index (χ2n) is 3.68. The average molecular weight is 331 g/mol. The van der Waals surface area contributed by atoms with Gasteiger partial charge in [0.25, 0.3) is 0 Å². The van der Waals surface area contributed by atoms with E-state index in [-0.39, 0.29) is 11.4 Å². The zero-order valence-electron chi connectivity index (χ0n) is 9.58. The minimum atomic E-state index is -3.56. The minimum Gasteiger partial charge on any atom is -0.468 e. The van der Waals surface area contributed by atoms with Gasteiger partial charge in [-0.25, -0.2) is 8.42 Å². The number of hydrogen-bond donors (Lipinski definition) is 0. The number of hydrogen-bond acceptors (Lipinski definition) is 4. The molecule has 0 unspecified atom stereocenters. The van der Waals surface area contributed by atoms with Gasteiger partial charge < -0.3 is 4.42 Å². The molecule has 2 heterocycles. The molecule has 0 aliphatic rings. The van der Waals surface area contributed by atoms with Crippen LogP contribution in [0.4, 0.5) is 0 Å². The van der Waals surface area contributed by atoms with Crippen LogP contribution >= 0.6 is 15.9 Å². The largest absolute Gasteiger partial charge is 0.468 e. The Hall–Kier alpha value is -1.18. The Bertz CT molecular complexity index is 625. The number of rotatable bonds is 4. The summed E-state index contributed by atoms with van der Waals surface area (Å²) < 4.78 is 31.4. The molecule has 0 aliphatic heterocycles. The maximum absolute atomic E-state index is 12.2. The van der Waals surface area contributed by atoms with Crippen LogP contribution in [0.25, 0.3) is 0 Å². The van der Waals surface area contributed by atoms with Crippen LogP contribution in [0.2, 0.25) is 0 Å². The van der Waals surface area contributed by atoms with Gasteiger partial charge in [-0.2, -0.15) is 4.31 Å². The molecule has 2 aromatic rings. The molecule has 0 bridgehead atoms. The quantitative estimate of drug-likeness (QED) is 0.862. The second-order valence-corrected chi connectivity index (χ2v) is 6.64. The van der Waals surface area contributed by atoms with Gasteiger partial charge in [0.1, 0.15) is 10.7 Å². The number of nitrogens with zero attached hydrogens (tertiary/aromatic N) is 2. The van der Waals surface area contributed by atoms with Gasteiger partial charge in [-0.05, 0) is 34.1 Å². The lowest BCUT2D eigenvalue weighted by Gasteiger charge is -2.15. The molecule has 0 N–H and O–H groups in total. The van der Waals surface area contributed by atoms with Crippen molar-refractivity contribution in [3.05, 3.63) is 47.1 Å². The SMILES string of the molecule is CN(Cc1ccco1)S(=O)(=O)c1cncc(Br)c1. The first-order valence-corrected chi connectivity index (χ1v) is 7.33. The molecule has 0 aliphatic carbocycles. The van der Waals surface area contributed by atoms with E-state index in [1.54, 1.807) is 12.1 Å². The molecule has 0 radical (unpaired) electrons. The Labute approximate surface area is 114 Å². The molecule has 0 aromatic carbocycles. The predicted octanol–water partition coefficient (Wildman–Crippen LogP) is 2.26. The van der Waals surface area contributed by atoms with Crippen LogP contribution in [0.5, 0.6) is 0 Å². The summed E-state index contributed by atoms with van der Waals surface area (Å²) in [6, 6.07) is 4.96.